The molecule has 2 aromatic carbocycles. The SMILES string of the molecule is N#CCCSc1nc(-c2ccc(-c3ccccc3)cc2)cc(C(=O)O)c1C#N. The zero-order chi connectivity index (χ0) is 19.9. The lowest BCUT2D eigenvalue weighted by Crippen LogP contribution is -2.05. The van der Waals surface area contributed by atoms with Gasteiger partial charge < -0.3 is 5.11 Å². The molecule has 0 aliphatic carbocycles. The number of carboxylic acids is 1. The Bertz CT molecular complexity index is 1080. The van der Waals surface area contributed by atoms with Crippen molar-refractivity contribution in [2.45, 2.75) is 11.4 Å². The van der Waals surface area contributed by atoms with Crippen molar-refractivity contribution in [3.63, 3.8) is 0 Å². The second kappa shape index (κ2) is 8.85. The van der Waals surface area contributed by atoms with Gasteiger partial charge in [0.05, 0.1) is 22.9 Å². The molecule has 0 bridgehead atoms. The van der Waals surface area contributed by atoms with Crippen LogP contribution < -0.4 is 0 Å². The van der Waals surface area contributed by atoms with Crippen LogP contribution >= 0.6 is 11.8 Å². The number of hydrogen-bond donors (Lipinski definition) is 1. The first-order valence-corrected chi connectivity index (χ1v) is 9.46. The van der Waals surface area contributed by atoms with Gasteiger partial charge in [0.2, 0.25) is 0 Å². The Morgan fingerprint density at radius 1 is 1.00 bits per heavy atom. The van der Waals surface area contributed by atoms with Crippen LogP contribution in [0.15, 0.2) is 65.7 Å². The summed E-state index contributed by atoms with van der Waals surface area (Å²) in [6, 6.07) is 23.0. The Morgan fingerprint density at radius 3 is 2.25 bits per heavy atom. The molecule has 136 valence electrons. The third-order valence-corrected chi connectivity index (χ3v) is 5.05. The van der Waals surface area contributed by atoms with Gasteiger partial charge in [0.1, 0.15) is 11.1 Å². The molecule has 28 heavy (non-hydrogen) atoms. The Labute approximate surface area is 166 Å². The third-order valence-electron chi connectivity index (χ3n) is 4.07. The first kappa shape index (κ1) is 19.2. The van der Waals surface area contributed by atoms with Gasteiger partial charge in [-0.25, -0.2) is 9.78 Å². The molecule has 0 amide bonds. The molecule has 0 fully saturated rings. The number of nitriles is 2. The van der Waals surface area contributed by atoms with E-state index in [1.807, 2.05) is 66.7 Å². The average molecular weight is 385 g/mol. The molecule has 0 radical (unpaired) electrons. The van der Waals surface area contributed by atoms with Crippen molar-refractivity contribution in [2.24, 2.45) is 0 Å². The van der Waals surface area contributed by atoms with E-state index in [0.29, 0.717) is 16.5 Å². The largest absolute Gasteiger partial charge is 0.478 e. The molecule has 3 rings (SSSR count). The van der Waals surface area contributed by atoms with Crippen LogP contribution in [0.1, 0.15) is 22.3 Å². The number of rotatable bonds is 6. The third kappa shape index (κ3) is 4.20. The van der Waals surface area contributed by atoms with Gasteiger partial charge in [-0.15, -0.1) is 11.8 Å². The van der Waals surface area contributed by atoms with E-state index in [1.54, 1.807) is 0 Å². The minimum atomic E-state index is -1.18. The van der Waals surface area contributed by atoms with E-state index in [2.05, 4.69) is 4.98 Å². The second-order valence-corrected chi connectivity index (χ2v) is 6.94. The lowest BCUT2D eigenvalue weighted by Gasteiger charge is -2.10. The van der Waals surface area contributed by atoms with Gasteiger partial charge in [-0.2, -0.15) is 10.5 Å². The van der Waals surface area contributed by atoms with Crippen LogP contribution in [0.2, 0.25) is 0 Å². The lowest BCUT2D eigenvalue weighted by molar-refractivity contribution is 0.0696. The number of thioether (sulfide) groups is 1. The predicted octanol–water partition coefficient (Wildman–Crippen LogP) is 4.99. The van der Waals surface area contributed by atoms with Gasteiger partial charge in [0.15, 0.2) is 0 Å². The molecule has 0 unspecified atom stereocenters. The van der Waals surface area contributed by atoms with E-state index in [0.717, 1.165) is 16.7 Å². The summed E-state index contributed by atoms with van der Waals surface area (Å²) in [6.45, 7) is 0. The van der Waals surface area contributed by atoms with E-state index >= 15 is 0 Å². The smallest absolute Gasteiger partial charge is 0.337 e. The van der Waals surface area contributed by atoms with Crippen molar-refractivity contribution < 1.29 is 9.90 Å². The Kier molecular flexibility index (Phi) is 6.06. The van der Waals surface area contributed by atoms with Gasteiger partial charge in [0, 0.05) is 17.7 Å². The van der Waals surface area contributed by atoms with E-state index in [4.69, 9.17) is 5.26 Å². The van der Waals surface area contributed by atoms with E-state index < -0.39 is 5.97 Å². The summed E-state index contributed by atoms with van der Waals surface area (Å²) in [5, 5.41) is 28.0. The topological polar surface area (TPSA) is 97.8 Å². The summed E-state index contributed by atoms with van der Waals surface area (Å²) in [7, 11) is 0. The fourth-order valence-electron chi connectivity index (χ4n) is 2.71. The zero-order valence-electron chi connectivity index (χ0n) is 14.8. The molecule has 3 aromatic rings. The van der Waals surface area contributed by atoms with Crippen molar-refractivity contribution in [1.29, 1.82) is 10.5 Å². The van der Waals surface area contributed by atoms with E-state index in [-0.39, 0.29) is 17.5 Å². The minimum Gasteiger partial charge on any atom is -0.478 e. The molecule has 1 aromatic heterocycles. The molecule has 0 aliphatic heterocycles. The highest BCUT2D eigenvalue weighted by atomic mass is 32.2. The fraction of sp³-hybridized carbons (Fsp3) is 0.0909. The summed E-state index contributed by atoms with van der Waals surface area (Å²) >= 11 is 1.22. The van der Waals surface area contributed by atoms with E-state index in [1.165, 1.54) is 17.8 Å². The lowest BCUT2D eigenvalue weighted by atomic mass is 10.0. The normalized spacial score (nSPS) is 10.1. The van der Waals surface area contributed by atoms with Crippen molar-refractivity contribution in [3.05, 3.63) is 71.8 Å². The number of aromatic carboxylic acids is 1. The molecule has 0 saturated heterocycles. The average Bonchev–Trinajstić information content (AvgIpc) is 2.74. The molecule has 5 nitrogen and oxygen atoms in total. The van der Waals surface area contributed by atoms with Crippen molar-refractivity contribution in [3.8, 4) is 34.5 Å². The maximum Gasteiger partial charge on any atom is 0.337 e. The fourth-order valence-corrected chi connectivity index (χ4v) is 3.56. The number of aromatic nitrogens is 1. The van der Waals surface area contributed by atoms with Crippen LogP contribution in [0, 0.1) is 22.7 Å². The van der Waals surface area contributed by atoms with Gasteiger partial charge in [-0.05, 0) is 17.2 Å². The Balaban J connectivity index is 2.02. The maximum atomic E-state index is 11.6. The zero-order valence-corrected chi connectivity index (χ0v) is 15.6. The Hall–Kier alpha value is -3.61. The van der Waals surface area contributed by atoms with Crippen LogP contribution in [0.4, 0.5) is 0 Å². The van der Waals surface area contributed by atoms with Crippen molar-refractivity contribution in [1.82, 2.24) is 4.98 Å². The minimum absolute atomic E-state index is 0.0279. The molecule has 0 saturated carbocycles. The van der Waals surface area contributed by atoms with Crippen LogP contribution in [0.3, 0.4) is 0 Å². The molecule has 0 spiro atoms. The van der Waals surface area contributed by atoms with Crippen molar-refractivity contribution >= 4 is 17.7 Å². The van der Waals surface area contributed by atoms with Crippen molar-refractivity contribution in [2.75, 3.05) is 5.75 Å². The monoisotopic (exact) mass is 385 g/mol. The molecule has 1 N–H and O–H groups in total. The molecule has 0 atom stereocenters. The summed E-state index contributed by atoms with van der Waals surface area (Å²) in [5.74, 6) is -0.739. The summed E-state index contributed by atoms with van der Waals surface area (Å²) in [4.78, 5) is 16.1. The Morgan fingerprint density at radius 2 is 1.64 bits per heavy atom. The summed E-state index contributed by atoms with van der Waals surface area (Å²) in [5.41, 5.74) is 3.31. The number of benzene rings is 2. The number of carboxylic acid groups (broad SMARTS) is 1. The molecule has 1 heterocycles. The number of carbonyl (C=O) groups is 1. The highest BCUT2D eigenvalue weighted by molar-refractivity contribution is 7.99. The number of hydrogen-bond acceptors (Lipinski definition) is 5. The van der Waals surface area contributed by atoms with E-state index in [9.17, 15) is 15.2 Å². The first-order valence-electron chi connectivity index (χ1n) is 8.48. The predicted molar refractivity (Wildman–Crippen MR) is 108 cm³/mol. The maximum absolute atomic E-state index is 11.6. The van der Waals surface area contributed by atoms with Gasteiger partial charge in [0.25, 0.3) is 0 Å². The highest BCUT2D eigenvalue weighted by Crippen LogP contribution is 2.30. The van der Waals surface area contributed by atoms with Gasteiger partial charge >= 0.3 is 5.97 Å². The molecular weight excluding hydrogens is 370 g/mol. The summed E-state index contributed by atoms with van der Waals surface area (Å²) < 4.78 is 0. The van der Waals surface area contributed by atoms with Gasteiger partial charge in [-0.1, -0.05) is 54.6 Å². The standard InChI is InChI=1S/C22H15N3O2S/c23-11-4-12-28-21-19(14-24)18(22(26)27)13-20(25-21)17-9-7-16(8-10-17)15-5-2-1-3-6-15/h1-3,5-10,13H,4,12H2,(H,26,27). The molecule has 6 heteroatoms. The highest BCUT2D eigenvalue weighted by Gasteiger charge is 2.18. The molecule has 0 aliphatic rings. The van der Waals surface area contributed by atoms with Crippen LogP contribution in [-0.2, 0) is 0 Å². The van der Waals surface area contributed by atoms with Crippen LogP contribution in [0.5, 0.6) is 0 Å². The quantitative estimate of drug-likeness (QED) is 0.474. The molecular formula is C22H15N3O2S. The first-order chi connectivity index (χ1) is 13.6. The number of nitrogens with zero attached hydrogens (tertiary/aromatic N) is 3. The van der Waals surface area contributed by atoms with Crippen LogP contribution in [-0.4, -0.2) is 21.8 Å². The van der Waals surface area contributed by atoms with Crippen LogP contribution in [0.25, 0.3) is 22.4 Å². The van der Waals surface area contributed by atoms with Gasteiger partial charge in [-0.3, -0.25) is 0 Å². The summed E-state index contributed by atoms with van der Waals surface area (Å²) in [6.07, 6.45) is 0.287. The number of pyridine rings is 1. The second-order valence-electron chi connectivity index (χ2n) is 5.85.